The number of rotatable bonds is 8. The predicted octanol–water partition coefficient (Wildman–Crippen LogP) is 1.19. The van der Waals surface area contributed by atoms with Crippen molar-refractivity contribution in [2.75, 3.05) is 32.1 Å². The van der Waals surface area contributed by atoms with Gasteiger partial charge < -0.3 is 15.4 Å². The molecule has 0 saturated heterocycles. The van der Waals surface area contributed by atoms with E-state index in [1.54, 1.807) is 0 Å². The van der Waals surface area contributed by atoms with Gasteiger partial charge in [-0.05, 0) is 6.42 Å². The van der Waals surface area contributed by atoms with Crippen LogP contribution < -0.4 is 10.6 Å². The number of pyridine rings is 1. The van der Waals surface area contributed by atoms with Gasteiger partial charge in [0, 0.05) is 26.3 Å². The monoisotopic (exact) mass is 282 g/mol. The Bertz CT molecular complexity index is 479. The van der Waals surface area contributed by atoms with E-state index in [-0.39, 0.29) is 17.8 Å². The normalized spacial score (nSPS) is 10.1. The van der Waals surface area contributed by atoms with Crippen molar-refractivity contribution in [3.63, 3.8) is 0 Å². The van der Waals surface area contributed by atoms with Gasteiger partial charge in [-0.3, -0.25) is 14.9 Å². The summed E-state index contributed by atoms with van der Waals surface area (Å²) in [5.74, 6) is -0.0787. The van der Waals surface area contributed by atoms with E-state index in [2.05, 4.69) is 15.6 Å². The molecule has 2 N–H and O–H groups in total. The molecule has 1 aromatic heterocycles. The largest absolute Gasteiger partial charge is 0.383 e. The maximum Gasteiger partial charge on any atom is 0.300 e. The number of carbonyl (C=O) groups is 1. The van der Waals surface area contributed by atoms with Crippen LogP contribution in [0.5, 0.6) is 0 Å². The zero-order valence-corrected chi connectivity index (χ0v) is 11.5. The van der Waals surface area contributed by atoms with Gasteiger partial charge in [-0.25, -0.2) is 4.98 Å². The molecule has 8 nitrogen and oxygen atoms in total. The van der Waals surface area contributed by atoms with Gasteiger partial charge >= 0.3 is 0 Å². The molecule has 0 unspecified atom stereocenters. The molecule has 1 heterocycles. The van der Waals surface area contributed by atoms with Crippen LogP contribution in [0.4, 0.5) is 11.5 Å². The molecule has 0 saturated carbocycles. The summed E-state index contributed by atoms with van der Waals surface area (Å²) < 4.78 is 4.81. The number of nitrogens with zero attached hydrogens (tertiary/aromatic N) is 2. The van der Waals surface area contributed by atoms with Gasteiger partial charge in [0.2, 0.25) is 0 Å². The van der Waals surface area contributed by atoms with Crippen LogP contribution in [-0.2, 0) is 4.74 Å². The topological polar surface area (TPSA) is 106 Å². The Morgan fingerprint density at radius 1 is 1.50 bits per heavy atom. The van der Waals surface area contributed by atoms with Crippen LogP contribution >= 0.6 is 0 Å². The fourth-order valence-electron chi connectivity index (χ4n) is 1.49. The van der Waals surface area contributed by atoms with Crippen LogP contribution in [0.1, 0.15) is 23.7 Å². The number of aromatic nitrogens is 1. The molecule has 0 aliphatic heterocycles. The molecule has 0 aliphatic carbocycles. The third kappa shape index (κ3) is 4.47. The van der Waals surface area contributed by atoms with E-state index in [0.29, 0.717) is 19.0 Å². The fourth-order valence-corrected chi connectivity index (χ4v) is 1.49. The standard InChI is InChI=1S/C12H18N4O4/c1-3-4-13-11-7-9(10(8-15-11)16(18)19)12(17)14-5-6-20-2/h7-8H,3-6H2,1-2H3,(H,13,15)(H,14,17). The second-order valence-corrected chi connectivity index (χ2v) is 4.02. The van der Waals surface area contributed by atoms with Crippen LogP contribution in [0.15, 0.2) is 12.3 Å². The van der Waals surface area contributed by atoms with Crippen molar-refractivity contribution in [3.8, 4) is 0 Å². The average Bonchev–Trinajstić information content (AvgIpc) is 2.44. The van der Waals surface area contributed by atoms with Gasteiger partial charge in [-0.15, -0.1) is 0 Å². The van der Waals surface area contributed by atoms with E-state index in [1.807, 2.05) is 6.92 Å². The number of anilines is 1. The van der Waals surface area contributed by atoms with Gasteiger partial charge in [-0.2, -0.15) is 0 Å². The Balaban J connectivity index is 2.93. The van der Waals surface area contributed by atoms with Gasteiger partial charge in [0.05, 0.1) is 11.5 Å². The van der Waals surface area contributed by atoms with E-state index in [9.17, 15) is 14.9 Å². The van der Waals surface area contributed by atoms with E-state index in [0.717, 1.165) is 12.6 Å². The summed E-state index contributed by atoms with van der Waals surface area (Å²) >= 11 is 0. The van der Waals surface area contributed by atoms with Gasteiger partial charge in [-0.1, -0.05) is 6.92 Å². The summed E-state index contributed by atoms with van der Waals surface area (Å²) in [7, 11) is 1.51. The summed E-state index contributed by atoms with van der Waals surface area (Å²) in [6.45, 7) is 3.28. The van der Waals surface area contributed by atoms with Gasteiger partial charge in [0.1, 0.15) is 17.6 Å². The minimum absolute atomic E-state index is 0.0142. The Hall–Kier alpha value is -2.22. The molecule has 1 amide bonds. The van der Waals surface area contributed by atoms with E-state index < -0.39 is 10.8 Å². The van der Waals surface area contributed by atoms with Crippen LogP contribution in [0, 0.1) is 10.1 Å². The molecule has 0 atom stereocenters. The molecular weight excluding hydrogens is 264 g/mol. The van der Waals surface area contributed by atoms with E-state index >= 15 is 0 Å². The molecule has 20 heavy (non-hydrogen) atoms. The number of ether oxygens (including phenoxy) is 1. The molecule has 0 aromatic carbocycles. The molecule has 110 valence electrons. The molecule has 8 heteroatoms. The van der Waals surface area contributed by atoms with Crippen LogP contribution in [-0.4, -0.2) is 42.6 Å². The summed E-state index contributed by atoms with van der Waals surface area (Å²) in [6, 6.07) is 1.38. The first-order valence-electron chi connectivity index (χ1n) is 6.25. The van der Waals surface area contributed by atoms with E-state index in [1.165, 1.54) is 13.2 Å². The lowest BCUT2D eigenvalue weighted by Gasteiger charge is -2.08. The van der Waals surface area contributed by atoms with Crippen LogP contribution in [0.25, 0.3) is 0 Å². The maximum absolute atomic E-state index is 11.9. The first-order chi connectivity index (χ1) is 9.60. The molecule has 1 rings (SSSR count). The van der Waals surface area contributed by atoms with Crippen LogP contribution in [0.2, 0.25) is 0 Å². The Kier molecular flexibility index (Phi) is 6.38. The van der Waals surface area contributed by atoms with E-state index in [4.69, 9.17) is 4.74 Å². The fraction of sp³-hybridized carbons (Fsp3) is 0.500. The lowest BCUT2D eigenvalue weighted by molar-refractivity contribution is -0.385. The van der Waals surface area contributed by atoms with Gasteiger partial charge in [0.25, 0.3) is 11.6 Å². The van der Waals surface area contributed by atoms with Crippen molar-refractivity contribution in [2.24, 2.45) is 0 Å². The third-order valence-corrected chi connectivity index (χ3v) is 2.47. The predicted molar refractivity (Wildman–Crippen MR) is 73.9 cm³/mol. The zero-order chi connectivity index (χ0) is 15.0. The highest BCUT2D eigenvalue weighted by Crippen LogP contribution is 2.20. The summed E-state index contributed by atoms with van der Waals surface area (Å²) in [5, 5.41) is 16.5. The Morgan fingerprint density at radius 3 is 2.85 bits per heavy atom. The minimum atomic E-state index is -0.623. The molecule has 1 aromatic rings. The second kappa shape index (κ2) is 8.05. The Morgan fingerprint density at radius 2 is 2.25 bits per heavy atom. The number of methoxy groups -OCH3 is 1. The highest BCUT2D eigenvalue weighted by atomic mass is 16.6. The van der Waals surface area contributed by atoms with Crippen molar-refractivity contribution >= 4 is 17.4 Å². The molecular formula is C12H18N4O4. The highest BCUT2D eigenvalue weighted by Gasteiger charge is 2.21. The maximum atomic E-state index is 11.9. The number of nitrogens with one attached hydrogen (secondary N) is 2. The smallest absolute Gasteiger partial charge is 0.300 e. The number of carbonyl (C=O) groups excluding carboxylic acids is 1. The highest BCUT2D eigenvalue weighted by molar-refractivity contribution is 5.98. The second-order valence-electron chi connectivity index (χ2n) is 4.02. The number of nitro groups is 1. The number of amides is 1. The SMILES string of the molecule is CCCNc1cc(C(=O)NCCOC)c([N+](=O)[O-])cn1. The summed E-state index contributed by atoms with van der Waals surface area (Å²) in [5.41, 5.74) is -0.332. The minimum Gasteiger partial charge on any atom is -0.383 e. The molecule has 0 radical (unpaired) electrons. The Labute approximate surface area is 116 Å². The lowest BCUT2D eigenvalue weighted by atomic mass is 10.2. The molecule has 0 fully saturated rings. The van der Waals surface area contributed by atoms with Crippen LogP contribution in [0.3, 0.4) is 0 Å². The number of hydrogen-bond donors (Lipinski definition) is 2. The van der Waals surface area contributed by atoms with Crippen molar-refractivity contribution in [3.05, 3.63) is 27.9 Å². The quantitative estimate of drug-likeness (QED) is 0.421. The zero-order valence-electron chi connectivity index (χ0n) is 11.5. The molecule has 0 bridgehead atoms. The molecule has 0 spiro atoms. The summed E-state index contributed by atoms with van der Waals surface area (Å²) in [6.07, 6.45) is 1.97. The lowest BCUT2D eigenvalue weighted by Crippen LogP contribution is -2.27. The third-order valence-electron chi connectivity index (χ3n) is 2.47. The summed E-state index contributed by atoms with van der Waals surface area (Å²) in [4.78, 5) is 26.2. The number of hydrogen-bond acceptors (Lipinski definition) is 6. The van der Waals surface area contributed by atoms with Gasteiger partial charge in [0.15, 0.2) is 0 Å². The molecule has 0 aliphatic rings. The van der Waals surface area contributed by atoms with Crippen molar-refractivity contribution < 1.29 is 14.5 Å². The average molecular weight is 282 g/mol. The van der Waals surface area contributed by atoms with Crippen molar-refractivity contribution in [1.29, 1.82) is 0 Å². The van der Waals surface area contributed by atoms with Crippen molar-refractivity contribution in [1.82, 2.24) is 10.3 Å². The first-order valence-corrected chi connectivity index (χ1v) is 6.25. The van der Waals surface area contributed by atoms with Crippen molar-refractivity contribution in [2.45, 2.75) is 13.3 Å². The first kappa shape index (κ1) is 15.8.